The highest BCUT2D eigenvalue weighted by Gasteiger charge is 2.13. The Bertz CT molecular complexity index is 1680. The quantitative estimate of drug-likeness (QED) is 0.180. The SMILES string of the molecule is O=Cc1cc(-c2ccccc2)c(-c2ccc3ccc4c5ccccc5ccc4c3c2)cc1Br. The van der Waals surface area contributed by atoms with E-state index in [9.17, 15) is 4.79 Å². The average Bonchev–Trinajstić information content (AvgIpc) is 2.88. The van der Waals surface area contributed by atoms with E-state index in [2.05, 4.69) is 101 Å². The fourth-order valence-corrected chi connectivity index (χ4v) is 5.20. The summed E-state index contributed by atoms with van der Waals surface area (Å²) in [6.07, 6.45) is 0.902. The lowest BCUT2D eigenvalue weighted by Gasteiger charge is -2.14. The maximum absolute atomic E-state index is 11.7. The lowest BCUT2D eigenvalue weighted by molar-refractivity contribution is 0.112. The maximum atomic E-state index is 11.7. The summed E-state index contributed by atoms with van der Waals surface area (Å²) in [5.41, 5.74) is 5.01. The summed E-state index contributed by atoms with van der Waals surface area (Å²) < 4.78 is 0.802. The van der Waals surface area contributed by atoms with Crippen LogP contribution in [0.2, 0.25) is 0 Å². The molecule has 1 nitrogen and oxygen atoms in total. The first-order chi connectivity index (χ1) is 16.2. The number of carbonyl (C=O) groups is 1. The van der Waals surface area contributed by atoms with E-state index in [0.717, 1.165) is 33.0 Å². The minimum absolute atomic E-state index is 0.648. The third-order valence-electron chi connectivity index (χ3n) is 6.40. The highest BCUT2D eigenvalue weighted by molar-refractivity contribution is 9.10. The molecular formula is C31H19BrO. The average molecular weight is 487 g/mol. The van der Waals surface area contributed by atoms with Crippen molar-refractivity contribution in [2.24, 2.45) is 0 Å². The second-order valence-electron chi connectivity index (χ2n) is 8.29. The van der Waals surface area contributed by atoms with Gasteiger partial charge in [-0.3, -0.25) is 4.79 Å². The van der Waals surface area contributed by atoms with Crippen molar-refractivity contribution in [1.82, 2.24) is 0 Å². The molecule has 0 amide bonds. The molecular weight excluding hydrogens is 468 g/mol. The smallest absolute Gasteiger partial charge is 0.151 e. The van der Waals surface area contributed by atoms with E-state index in [4.69, 9.17) is 0 Å². The third-order valence-corrected chi connectivity index (χ3v) is 7.09. The molecule has 2 heteroatoms. The van der Waals surface area contributed by atoms with Crippen molar-refractivity contribution in [3.8, 4) is 22.3 Å². The Kier molecular flexibility index (Phi) is 4.82. The zero-order chi connectivity index (χ0) is 22.4. The summed E-state index contributed by atoms with van der Waals surface area (Å²) >= 11 is 3.60. The molecule has 0 aliphatic carbocycles. The Morgan fingerprint density at radius 1 is 0.515 bits per heavy atom. The largest absolute Gasteiger partial charge is 0.298 e. The van der Waals surface area contributed by atoms with E-state index in [1.807, 2.05) is 24.3 Å². The first kappa shape index (κ1) is 19.9. The molecule has 0 saturated carbocycles. The summed E-state index contributed by atoms with van der Waals surface area (Å²) in [7, 11) is 0. The van der Waals surface area contributed by atoms with Gasteiger partial charge in [0.25, 0.3) is 0 Å². The number of aldehydes is 1. The van der Waals surface area contributed by atoms with Gasteiger partial charge in [0, 0.05) is 10.0 Å². The first-order valence-electron chi connectivity index (χ1n) is 10.9. The van der Waals surface area contributed by atoms with E-state index in [-0.39, 0.29) is 0 Å². The molecule has 0 heterocycles. The Morgan fingerprint density at radius 2 is 1.15 bits per heavy atom. The van der Waals surface area contributed by atoms with Gasteiger partial charge in [0.1, 0.15) is 0 Å². The molecule has 6 aromatic carbocycles. The highest BCUT2D eigenvalue weighted by Crippen LogP contribution is 2.39. The van der Waals surface area contributed by atoms with Crippen LogP contribution in [0.5, 0.6) is 0 Å². The van der Waals surface area contributed by atoms with Gasteiger partial charge in [-0.25, -0.2) is 0 Å². The minimum Gasteiger partial charge on any atom is -0.298 e. The van der Waals surface area contributed by atoms with Crippen molar-refractivity contribution < 1.29 is 4.79 Å². The number of hydrogen-bond donors (Lipinski definition) is 0. The van der Waals surface area contributed by atoms with E-state index in [1.165, 1.54) is 32.3 Å². The van der Waals surface area contributed by atoms with Crippen LogP contribution < -0.4 is 0 Å². The molecule has 0 saturated heterocycles. The Morgan fingerprint density at radius 3 is 1.94 bits per heavy atom. The summed E-state index contributed by atoms with van der Waals surface area (Å²) in [4.78, 5) is 11.7. The molecule has 0 aromatic heterocycles. The Hall–Kier alpha value is -3.75. The fraction of sp³-hybridized carbons (Fsp3) is 0. The van der Waals surface area contributed by atoms with Crippen molar-refractivity contribution in [3.05, 3.63) is 119 Å². The molecule has 0 radical (unpaired) electrons. The molecule has 0 aliphatic rings. The standard InChI is InChI=1S/C31H19BrO/c32-31-18-30(29(17-24(31)19-33)20-6-2-1-3-7-20)23-11-10-22-13-14-26-25-9-5-4-8-21(25)12-15-27(26)28(22)16-23/h1-19H. The van der Waals surface area contributed by atoms with Gasteiger partial charge < -0.3 is 0 Å². The zero-order valence-electron chi connectivity index (χ0n) is 17.8. The van der Waals surface area contributed by atoms with Crippen LogP contribution in [0.25, 0.3) is 54.6 Å². The van der Waals surface area contributed by atoms with Crippen molar-refractivity contribution in [3.63, 3.8) is 0 Å². The summed E-state index contributed by atoms with van der Waals surface area (Å²) in [5, 5.41) is 7.47. The van der Waals surface area contributed by atoms with Crippen LogP contribution in [0.3, 0.4) is 0 Å². The summed E-state index contributed by atoms with van der Waals surface area (Å²) in [5.74, 6) is 0. The molecule has 0 bridgehead atoms. The van der Waals surface area contributed by atoms with Crippen LogP contribution >= 0.6 is 15.9 Å². The summed E-state index contributed by atoms with van der Waals surface area (Å²) in [6.45, 7) is 0. The molecule has 0 atom stereocenters. The number of benzene rings is 6. The number of fused-ring (bicyclic) bond motifs is 5. The number of carbonyl (C=O) groups excluding carboxylic acids is 1. The van der Waals surface area contributed by atoms with Crippen LogP contribution in [0.1, 0.15) is 10.4 Å². The van der Waals surface area contributed by atoms with Gasteiger partial charge in [-0.15, -0.1) is 0 Å². The first-order valence-corrected chi connectivity index (χ1v) is 11.7. The fourth-order valence-electron chi connectivity index (χ4n) is 4.76. The predicted octanol–water partition coefficient (Wildman–Crippen LogP) is 9.06. The van der Waals surface area contributed by atoms with Gasteiger partial charge >= 0.3 is 0 Å². The Labute approximate surface area is 200 Å². The number of hydrogen-bond acceptors (Lipinski definition) is 1. The number of rotatable bonds is 3. The lowest BCUT2D eigenvalue weighted by atomic mass is 9.90. The van der Waals surface area contributed by atoms with Crippen LogP contribution in [0.15, 0.2) is 114 Å². The normalized spacial score (nSPS) is 11.3. The zero-order valence-corrected chi connectivity index (χ0v) is 19.3. The molecule has 33 heavy (non-hydrogen) atoms. The lowest BCUT2D eigenvalue weighted by Crippen LogP contribution is -1.91. The molecule has 6 rings (SSSR count). The topological polar surface area (TPSA) is 17.1 Å². The highest BCUT2D eigenvalue weighted by atomic mass is 79.9. The molecule has 156 valence electrons. The third kappa shape index (κ3) is 3.35. The number of halogens is 1. The van der Waals surface area contributed by atoms with Gasteiger partial charge in [-0.05, 0) is 72.8 Å². The van der Waals surface area contributed by atoms with Gasteiger partial charge in [0.15, 0.2) is 6.29 Å². The van der Waals surface area contributed by atoms with Crippen molar-refractivity contribution >= 4 is 54.5 Å². The molecule has 0 fully saturated rings. The van der Waals surface area contributed by atoms with Gasteiger partial charge in [0.05, 0.1) is 0 Å². The van der Waals surface area contributed by atoms with Crippen molar-refractivity contribution in [2.45, 2.75) is 0 Å². The predicted molar refractivity (Wildman–Crippen MR) is 143 cm³/mol. The maximum Gasteiger partial charge on any atom is 0.151 e. The van der Waals surface area contributed by atoms with Crippen LogP contribution in [-0.4, -0.2) is 6.29 Å². The van der Waals surface area contributed by atoms with Gasteiger partial charge in [0.2, 0.25) is 0 Å². The van der Waals surface area contributed by atoms with Crippen LogP contribution in [-0.2, 0) is 0 Å². The van der Waals surface area contributed by atoms with Crippen molar-refractivity contribution in [2.75, 3.05) is 0 Å². The molecule has 0 aliphatic heterocycles. The second kappa shape index (κ2) is 7.99. The molecule has 0 N–H and O–H groups in total. The van der Waals surface area contributed by atoms with Crippen LogP contribution in [0.4, 0.5) is 0 Å². The molecule has 0 unspecified atom stereocenters. The molecule has 0 spiro atoms. The second-order valence-corrected chi connectivity index (χ2v) is 9.14. The molecule has 6 aromatic rings. The van der Waals surface area contributed by atoms with E-state index in [0.29, 0.717) is 5.56 Å². The van der Waals surface area contributed by atoms with E-state index in [1.54, 1.807) is 0 Å². The monoisotopic (exact) mass is 486 g/mol. The van der Waals surface area contributed by atoms with E-state index >= 15 is 0 Å². The minimum atomic E-state index is 0.648. The van der Waals surface area contributed by atoms with Gasteiger partial charge in [-0.1, -0.05) is 107 Å². The van der Waals surface area contributed by atoms with Crippen LogP contribution in [0, 0.1) is 0 Å². The summed E-state index contributed by atoms with van der Waals surface area (Å²) in [6, 6.07) is 38.3. The Balaban J connectivity index is 1.65. The van der Waals surface area contributed by atoms with Gasteiger partial charge in [-0.2, -0.15) is 0 Å². The van der Waals surface area contributed by atoms with Crippen molar-refractivity contribution in [1.29, 1.82) is 0 Å². The van der Waals surface area contributed by atoms with E-state index < -0.39 is 0 Å².